The number of carbonyl (C=O) groups excluding carboxylic acids is 1. The van der Waals surface area contributed by atoms with Gasteiger partial charge in [-0.2, -0.15) is 0 Å². The number of thiazole rings is 1. The SMILES string of the molecule is CC(C)Oc1ccc(-c2csc(NC(=O)CC3COCCN3)n2)cc1. The molecule has 1 unspecified atom stereocenters. The quantitative estimate of drug-likeness (QED) is 0.828. The zero-order valence-electron chi connectivity index (χ0n) is 14.5. The number of rotatable bonds is 6. The molecule has 0 radical (unpaired) electrons. The van der Waals surface area contributed by atoms with Crippen LogP contribution >= 0.6 is 11.3 Å². The van der Waals surface area contributed by atoms with Gasteiger partial charge in [0.15, 0.2) is 5.13 Å². The van der Waals surface area contributed by atoms with Crippen molar-refractivity contribution >= 4 is 22.4 Å². The van der Waals surface area contributed by atoms with Gasteiger partial charge >= 0.3 is 0 Å². The minimum atomic E-state index is -0.0513. The monoisotopic (exact) mass is 361 g/mol. The van der Waals surface area contributed by atoms with Gasteiger partial charge in [0, 0.05) is 30.0 Å². The Morgan fingerprint density at radius 2 is 2.24 bits per heavy atom. The van der Waals surface area contributed by atoms with Crippen molar-refractivity contribution in [1.82, 2.24) is 10.3 Å². The van der Waals surface area contributed by atoms with E-state index in [-0.39, 0.29) is 18.1 Å². The Labute approximate surface area is 151 Å². The molecule has 0 saturated carbocycles. The first kappa shape index (κ1) is 17.8. The largest absolute Gasteiger partial charge is 0.491 e. The van der Waals surface area contributed by atoms with Crippen molar-refractivity contribution < 1.29 is 14.3 Å². The lowest BCUT2D eigenvalue weighted by Crippen LogP contribution is -2.43. The van der Waals surface area contributed by atoms with Crippen LogP contribution in [0.4, 0.5) is 5.13 Å². The van der Waals surface area contributed by atoms with Crippen molar-refractivity contribution in [1.29, 1.82) is 0 Å². The molecule has 2 heterocycles. The number of nitrogens with one attached hydrogen (secondary N) is 2. The molecule has 1 aromatic carbocycles. The molecular formula is C18H23N3O3S. The standard InChI is InChI=1S/C18H23N3O3S/c1-12(2)24-15-5-3-13(4-6-15)16-11-25-18(20-16)21-17(22)9-14-10-23-8-7-19-14/h3-6,11-12,14,19H,7-10H2,1-2H3,(H,20,21,22). The lowest BCUT2D eigenvalue weighted by atomic mass is 10.2. The Hall–Kier alpha value is -1.96. The highest BCUT2D eigenvalue weighted by Gasteiger charge is 2.17. The Kier molecular flexibility index (Phi) is 6.01. The summed E-state index contributed by atoms with van der Waals surface area (Å²) in [5, 5.41) is 8.69. The maximum atomic E-state index is 12.1. The first-order chi connectivity index (χ1) is 12.1. The van der Waals surface area contributed by atoms with Crippen LogP contribution in [0.25, 0.3) is 11.3 Å². The van der Waals surface area contributed by atoms with Gasteiger partial charge in [-0.1, -0.05) is 0 Å². The van der Waals surface area contributed by atoms with Crippen molar-refractivity contribution in [2.45, 2.75) is 32.4 Å². The number of amides is 1. The van der Waals surface area contributed by atoms with E-state index in [2.05, 4.69) is 15.6 Å². The number of carbonyl (C=O) groups is 1. The van der Waals surface area contributed by atoms with Crippen LogP contribution in [-0.4, -0.2) is 42.8 Å². The molecule has 1 aliphatic heterocycles. The smallest absolute Gasteiger partial charge is 0.227 e. The summed E-state index contributed by atoms with van der Waals surface area (Å²) in [6, 6.07) is 7.88. The van der Waals surface area contributed by atoms with Gasteiger partial charge in [-0.3, -0.25) is 4.79 Å². The number of ether oxygens (including phenoxy) is 2. The average molecular weight is 361 g/mol. The molecule has 1 aromatic heterocycles. The maximum absolute atomic E-state index is 12.1. The van der Waals surface area contributed by atoms with E-state index in [9.17, 15) is 4.79 Å². The molecule has 2 aromatic rings. The molecule has 3 rings (SSSR count). The summed E-state index contributed by atoms with van der Waals surface area (Å²) in [7, 11) is 0. The highest BCUT2D eigenvalue weighted by atomic mass is 32.1. The molecule has 1 fully saturated rings. The van der Waals surface area contributed by atoms with E-state index >= 15 is 0 Å². The van der Waals surface area contributed by atoms with E-state index in [1.807, 2.05) is 43.5 Å². The second kappa shape index (κ2) is 8.42. The van der Waals surface area contributed by atoms with Crippen LogP contribution < -0.4 is 15.4 Å². The first-order valence-electron chi connectivity index (χ1n) is 8.44. The molecule has 6 nitrogen and oxygen atoms in total. The van der Waals surface area contributed by atoms with E-state index in [4.69, 9.17) is 9.47 Å². The van der Waals surface area contributed by atoms with Gasteiger partial charge in [-0.05, 0) is 38.1 Å². The normalized spacial score (nSPS) is 17.5. The molecule has 25 heavy (non-hydrogen) atoms. The van der Waals surface area contributed by atoms with Crippen molar-refractivity contribution in [2.24, 2.45) is 0 Å². The molecule has 1 saturated heterocycles. The summed E-state index contributed by atoms with van der Waals surface area (Å²) in [6.07, 6.45) is 0.534. The van der Waals surface area contributed by atoms with E-state index in [1.54, 1.807) is 0 Å². The van der Waals surface area contributed by atoms with E-state index < -0.39 is 0 Å². The summed E-state index contributed by atoms with van der Waals surface area (Å²) in [6.45, 7) is 6.06. The van der Waals surface area contributed by atoms with Crippen molar-refractivity contribution in [2.75, 3.05) is 25.1 Å². The van der Waals surface area contributed by atoms with Crippen LogP contribution in [0.3, 0.4) is 0 Å². The first-order valence-corrected chi connectivity index (χ1v) is 9.32. The average Bonchev–Trinajstić information content (AvgIpc) is 3.04. The Morgan fingerprint density at radius 1 is 1.44 bits per heavy atom. The number of anilines is 1. The fourth-order valence-electron chi connectivity index (χ4n) is 2.59. The number of nitrogens with zero attached hydrogens (tertiary/aromatic N) is 1. The number of aromatic nitrogens is 1. The molecule has 2 N–H and O–H groups in total. The highest BCUT2D eigenvalue weighted by Crippen LogP contribution is 2.27. The molecule has 0 spiro atoms. The predicted molar refractivity (Wildman–Crippen MR) is 99.2 cm³/mol. The topological polar surface area (TPSA) is 72.5 Å². The van der Waals surface area contributed by atoms with Crippen molar-refractivity contribution in [3.63, 3.8) is 0 Å². The van der Waals surface area contributed by atoms with Gasteiger partial charge in [-0.25, -0.2) is 4.98 Å². The van der Waals surface area contributed by atoms with Crippen molar-refractivity contribution in [3.8, 4) is 17.0 Å². The van der Waals surface area contributed by atoms with Crippen LogP contribution in [0.15, 0.2) is 29.6 Å². The lowest BCUT2D eigenvalue weighted by molar-refractivity contribution is -0.117. The molecule has 1 aliphatic rings. The zero-order valence-corrected chi connectivity index (χ0v) is 15.3. The third kappa shape index (κ3) is 5.26. The van der Waals surface area contributed by atoms with E-state index in [0.717, 1.165) is 23.6 Å². The fraction of sp³-hybridized carbons (Fsp3) is 0.444. The molecular weight excluding hydrogens is 338 g/mol. The zero-order chi connectivity index (χ0) is 17.6. The Morgan fingerprint density at radius 3 is 2.92 bits per heavy atom. The minimum Gasteiger partial charge on any atom is -0.491 e. The molecule has 1 atom stereocenters. The number of morpholine rings is 1. The number of benzene rings is 1. The lowest BCUT2D eigenvalue weighted by Gasteiger charge is -2.22. The second-order valence-corrected chi connectivity index (χ2v) is 7.07. The summed E-state index contributed by atoms with van der Waals surface area (Å²) < 4.78 is 11.0. The molecule has 7 heteroatoms. The van der Waals surface area contributed by atoms with Gasteiger partial charge in [0.25, 0.3) is 0 Å². The molecule has 0 aliphatic carbocycles. The Bertz CT molecular complexity index is 694. The van der Waals surface area contributed by atoms with Gasteiger partial charge in [0.1, 0.15) is 5.75 Å². The van der Waals surface area contributed by atoms with E-state index in [0.29, 0.717) is 24.8 Å². The summed E-state index contributed by atoms with van der Waals surface area (Å²) in [4.78, 5) is 16.6. The summed E-state index contributed by atoms with van der Waals surface area (Å²) in [5.74, 6) is 0.786. The van der Waals surface area contributed by atoms with Gasteiger partial charge < -0.3 is 20.1 Å². The Balaban J connectivity index is 1.57. The van der Waals surface area contributed by atoms with Gasteiger partial charge in [0.2, 0.25) is 5.91 Å². The third-order valence-corrected chi connectivity index (χ3v) is 4.46. The summed E-state index contributed by atoms with van der Waals surface area (Å²) >= 11 is 1.42. The third-order valence-electron chi connectivity index (χ3n) is 3.70. The van der Waals surface area contributed by atoms with Crippen LogP contribution in [0.2, 0.25) is 0 Å². The van der Waals surface area contributed by atoms with Crippen LogP contribution in [-0.2, 0) is 9.53 Å². The predicted octanol–water partition coefficient (Wildman–Crippen LogP) is 2.91. The van der Waals surface area contributed by atoms with Crippen LogP contribution in [0.5, 0.6) is 5.75 Å². The fourth-order valence-corrected chi connectivity index (χ4v) is 3.32. The molecule has 1 amide bonds. The van der Waals surface area contributed by atoms with Gasteiger partial charge in [-0.15, -0.1) is 11.3 Å². The summed E-state index contributed by atoms with van der Waals surface area (Å²) in [5.41, 5.74) is 1.84. The highest BCUT2D eigenvalue weighted by molar-refractivity contribution is 7.14. The second-order valence-electron chi connectivity index (χ2n) is 6.21. The number of hydrogen-bond donors (Lipinski definition) is 2. The van der Waals surface area contributed by atoms with E-state index in [1.165, 1.54) is 11.3 Å². The molecule has 0 bridgehead atoms. The number of hydrogen-bond acceptors (Lipinski definition) is 6. The van der Waals surface area contributed by atoms with Crippen molar-refractivity contribution in [3.05, 3.63) is 29.6 Å². The van der Waals surface area contributed by atoms with Crippen LogP contribution in [0.1, 0.15) is 20.3 Å². The maximum Gasteiger partial charge on any atom is 0.227 e. The molecule has 134 valence electrons. The minimum absolute atomic E-state index is 0.0513. The van der Waals surface area contributed by atoms with Gasteiger partial charge in [0.05, 0.1) is 25.0 Å². The van der Waals surface area contributed by atoms with Crippen LogP contribution in [0, 0.1) is 0 Å².